The molecule has 0 aliphatic rings. The predicted molar refractivity (Wildman–Crippen MR) is 94.0 cm³/mol. The number of benzene rings is 2. The molecule has 0 aliphatic heterocycles. The summed E-state index contributed by atoms with van der Waals surface area (Å²) in [5.74, 6) is -0.0242. The van der Waals surface area contributed by atoms with Crippen molar-refractivity contribution >= 4 is 50.7 Å². The molecule has 0 heterocycles. The molecule has 0 atom stereocenters. The van der Waals surface area contributed by atoms with Crippen LogP contribution in [0.1, 0.15) is 6.92 Å². The van der Waals surface area contributed by atoms with E-state index in [-0.39, 0.29) is 18.4 Å². The van der Waals surface area contributed by atoms with Gasteiger partial charge >= 0.3 is 0 Å². The fraction of sp³-hybridized carbons (Fsp3) is 0.125. The fourth-order valence-corrected chi connectivity index (χ4v) is 2.50. The van der Waals surface area contributed by atoms with Gasteiger partial charge in [-0.05, 0) is 42.5 Å². The van der Waals surface area contributed by atoms with Crippen molar-refractivity contribution in [1.29, 1.82) is 0 Å². The highest BCUT2D eigenvalue weighted by Gasteiger charge is 2.07. The van der Waals surface area contributed by atoms with Crippen LogP contribution >= 0.6 is 27.5 Å². The number of carbonyl (C=O) groups is 2. The molecule has 0 aromatic heterocycles. The predicted octanol–water partition coefficient (Wildman–Crippen LogP) is 4.08. The lowest BCUT2D eigenvalue weighted by Gasteiger charge is -2.09. The monoisotopic (exact) mass is 396 g/mol. The quantitative estimate of drug-likeness (QED) is 0.799. The minimum Gasteiger partial charge on any atom is -0.482 e. The molecule has 0 bridgehead atoms. The number of amides is 2. The van der Waals surface area contributed by atoms with E-state index in [9.17, 15) is 9.59 Å². The summed E-state index contributed by atoms with van der Waals surface area (Å²) in [5, 5.41) is 5.77. The zero-order chi connectivity index (χ0) is 16.8. The van der Waals surface area contributed by atoms with Crippen LogP contribution in [0.4, 0.5) is 11.4 Å². The van der Waals surface area contributed by atoms with Crippen LogP contribution in [-0.4, -0.2) is 18.4 Å². The van der Waals surface area contributed by atoms with Crippen LogP contribution in [0.5, 0.6) is 5.75 Å². The molecule has 0 unspecified atom stereocenters. The van der Waals surface area contributed by atoms with Crippen LogP contribution in [-0.2, 0) is 9.59 Å². The molecule has 0 fully saturated rings. The third kappa shape index (κ3) is 5.58. The Kier molecular flexibility index (Phi) is 6.01. The van der Waals surface area contributed by atoms with Gasteiger partial charge in [-0.2, -0.15) is 0 Å². The van der Waals surface area contributed by atoms with E-state index in [2.05, 4.69) is 26.6 Å². The number of hydrogen-bond donors (Lipinski definition) is 2. The summed E-state index contributed by atoms with van der Waals surface area (Å²) < 4.78 is 6.21. The molecule has 7 heteroatoms. The van der Waals surface area contributed by atoms with Gasteiger partial charge in [-0.1, -0.05) is 27.5 Å². The maximum Gasteiger partial charge on any atom is 0.262 e. The Balaban J connectivity index is 1.88. The normalized spacial score (nSPS) is 10.0. The van der Waals surface area contributed by atoms with Gasteiger partial charge in [0.15, 0.2) is 6.61 Å². The zero-order valence-corrected chi connectivity index (χ0v) is 14.6. The fourth-order valence-electron chi connectivity index (χ4n) is 1.77. The molecule has 0 saturated carbocycles. The summed E-state index contributed by atoms with van der Waals surface area (Å²) in [6, 6.07) is 11.9. The van der Waals surface area contributed by atoms with Crippen molar-refractivity contribution in [1.82, 2.24) is 0 Å². The van der Waals surface area contributed by atoms with Crippen molar-refractivity contribution in [3.63, 3.8) is 0 Å². The van der Waals surface area contributed by atoms with Gasteiger partial charge in [0.2, 0.25) is 5.91 Å². The SMILES string of the molecule is CC(=O)Nc1ccc(NC(=O)COc2ccc(Br)cc2Cl)cc1. The number of anilines is 2. The highest BCUT2D eigenvalue weighted by Crippen LogP contribution is 2.27. The Morgan fingerprint density at radius 3 is 2.26 bits per heavy atom. The van der Waals surface area contributed by atoms with Crippen LogP contribution in [0.15, 0.2) is 46.9 Å². The lowest BCUT2D eigenvalue weighted by atomic mass is 10.2. The smallest absolute Gasteiger partial charge is 0.262 e. The van der Waals surface area contributed by atoms with Gasteiger partial charge in [0, 0.05) is 22.8 Å². The number of hydrogen-bond acceptors (Lipinski definition) is 3. The van der Waals surface area contributed by atoms with E-state index in [4.69, 9.17) is 16.3 Å². The van der Waals surface area contributed by atoms with Crippen LogP contribution < -0.4 is 15.4 Å². The topological polar surface area (TPSA) is 67.4 Å². The van der Waals surface area contributed by atoms with Crippen LogP contribution in [0.2, 0.25) is 5.02 Å². The van der Waals surface area contributed by atoms with Gasteiger partial charge in [-0.3, -0.25) is 9.59 Å². The first-order valence-corrected chi connectivity index (χ1v) is 7.86. The summed E-state index contributed by atoms with van der Waals surface area (Å²) >= 11 is 9.31. The highest BCUT2D eigenvalue weighted by molar-refractivity contribution is 9.10. The van der Waals surface area contributed by atoms with Crippen molar-refractivity contribution in [2.24, 2.45) is 0 Å². The molecule has 2 amide bonds. The average molecular weight is 398 g/mol. The zero-order valence-electron chi connectivity index (χ0n) is 12.2. The Labute approximate surface area is 147 Å². The summed E-state index contributed by atoms with van der Waals surface area (Å²) in [6.45, 7) is 1.27. The molecule has 0 saturated heterocycles. The molecular formula is C16H14BrClN2O3. The third-order valence-electron chi connectivity index (χ3n) is 2.74. The number of rotatable bonds is 5. The van der Waals surface area contributed by atoms with E-state index in [0.29, 0.717) is 22.1 Å². The summed E-state index contributed by atoms with van der Waals surface area (Å²) in [7, 11) is 0. The van der Waals surface area contributed by atoms with Crippen LogP contribution in [0.3, 0.4) is 0 Å². The van der Waals surface area contributed by atoms with Gasteiger partial charge in [0.05, 0.1) is 5.02 Å². The molecule has 120 valence electrons. The second-order valence-electron chi connectivity index (χ2n) is 4.67. The lowest BCUT2D eigenvalue weighted by Crippen LogP contribution is -2.20. The Morgan fingerprint density at radius 1 is 1.09 bits per heavy atom. The van der Waals surface area contributed by atoms with Crippen molar-refractivity contribution in [2.75, 3.05) is 17.2 Å². The van der Waals surface area contributed by atoms with Crippen molar-refractivity contribution in [2.45, 2.75) is 6.92 Å². The number of carbonyl (C=O) groups excluding carboxylic acids is 2. The molecule has 23 heavy (non-hydrogen) atoms. The highest BCUT2D eigenvalue weighted by atomic mass is 79.9. The second-order valence-corrected chi connectivity index (χ2v) is 5.99. The van der Waals surface area contributed by atoms with Gasteiger partial charge < -0.3 is 15.4 Å². The molecule has 0 spiro atoms. The van der Waals surface area contributed by atoms with E-state index >= 15 is 0 Å². The summed E-state index contributed by atoms with van der Waals surface area (Å²) in [4.78, 5) is 22.8. The van der Waals surface area contributed by atoms with E-state index in [1.54, 1.807) is 42.5 Å². The Hall–Kier alpha value is -2.05. The van der Waals surface area contributed by atoms with Crippen molar-refractivity contribution < 1.29 is 14.3 Å². The Bertz CT molecular complexity index is 720. The summed E-state index contributed by atoms with van der Waals surface area (Å²) in [6.07, 6.45) is 0. The maximum absolute atomic E-state index is 11.9. The van der Waals surface area contributed by atoms with E-state index < -0.39 is 0 Å². The van der Waals surface area contributed by atoms with Crippen molar-refractivity contribution in [3.05, 3.63) is 52.0 Å². The van der Waals surface area contributed by atoms with Crippen LogP contribution in [0, 0.1) is 0 Å². The molecule has 2 aromatic rings. The third-order valence-corrected chi connectivity index (χ3v) is 3.53. The number of halogens is 2. The first-order chi connectivity index (χ1) is 10.9. The van der Waals surface area contributed by atoms with Gasteiger partial charge in [-0.15, -0.1) is 0 Å². The molecule has 2 aromatic carbocycles. The van der Waals surface area contributed by atoms with E-state index in [1.165, 1.54) is 6.92 Å². The number of ether oxygens (including phenoxy) is 1. The van der Waals surface area contributed by atoms with E-state index in [0.717, 1.165) is 4.47 Å². The van der Waals surface area contributed by atoms with Crippen LogP contribution in [0.25, 0.3) is 0 Å². The first kappa shape index (κ1) is 17.3. The largest absolute Gasteiger partial charge is 0.482 e. The summed E-state index contributed by atoms with van der Waals surface area (Å²) in [5.41, 5.74) is 1.27. The Morgan fingerprint density at radius 2 is 1.70 bits per heavy atom. The molecule has 2 N–H and O–H groups in total. The first-order valence-electron chi connectivity index (χ1n) is 6.69. The van der Waals surface area contributed by atoms with Gasteiger partial charge in [-0.25, -0.2) is 0 Å². The lowest BCUT2D eigenvalue weighted by molar-refractivity contribution is -0.118. The minimum atomic E-state index is -0.309. The molecule has 0 radical (unpaired) electrons. The average Bonchev–Trinajstić information content (AvgIpc) is 2.48. The van der Waals surface area contributed by atoms with Crippen molar-refractivity contribution in [3.8, 4) is 5.75 Å². The van der Waals surface area contributed by atoms with Gasteiger partial charge in [0.1, 0.15) is 5.75 Å². The molecule has 2 rings (SSSR count). The molecule has 5 nitrogen and oxygen atoms in total. The molecular weight excluding hydrogens is 384 g/mol. The maximum atomic E-state index is 11.9. The number of nitrogens with one attached hydrogen (secondary N) is 2. The van der Waals surface area contributed by atoms with Gasteiger partial charge in [0.25, 0.3) is 5.91 Å². The van der Waals surface area contributed by atoms with E-state index in [1.807, 2.05) is 0 Å². The minimum absolute atomic E-state index is 0.151. The second kappa shape index (κ2) is 7.99. The molecule has 0 aliphatic carbocycles. The standard InChI is InChI=1S/C16H14BrClN2O3/c1-10(21)19-12-3-5-13(6-4-12)20-16(22)9-23-15-7-2-11(17)8-14(15)18/h2-8H,9H2,1H3,(H,19,21)(H,20,22).